The van der Waals surface area contributed by atoms with E-state index in [1.54, 1.807) is 0 Å². The van der Waals surface area contributed by atoms with E-state index < -0.39 is 5.97 Å². The van der Waals surface area contributed by atoms with Gasteiger partial charge in [0.15, 0.2) is 0 Å². The first-order valence-corrected chi connectivity index (χ1v) is 10.2. The molecular formula is C20H21N5O3S. The number of carbonyl (C=O) groups excluding carboxylic acids is 2. The highest BCUT2D eigenvalue weighted by Crippen LogP contribution is 2.38. The summed E-state index contributed by atoms with van der Waals surface area (Å²) < 4.78 is 4.94. The minimum absolute atomic E-state index is 0.0952. The van der Waals surface area contributed by atoms with E-state index >= 15 is 0 Å². The molecular weight excluding hydrogens is 390 g/mol. The molecule has 0 saturated carbocycles. The molecule has 0 unspecified atom stereocenters. The Morgan fingerprint density at radius 3 is 2.72 bits per heavy atom. The maximum Gasteiger partial charge on any atom is 0.341 e. The Morgan fingerprint density at radius 2 is 1.97 bits per heavy atom. The van der Waals surface area contributed by atoms with Crippen LogP contribution >= 0.6 is 11.3 Å². The van der Waals surface area contributed by atoms with Crippen molar-refractivity contribution in [1.82, 2.24) is 20.2 Å². The number of ether oxygens (including phenoxy) is 1. The normalized spacial score (nSPS) is 13.0. The highest BCUT2D eigenvalue weighted by molar-refractivity contribution is 7.17. The first-order chi connectivity index (χ1) is 14.0. The lowest BCUT2D eigenvalue weighted by atomic mass is 9.95. The predicted octanol–water partition coefficient (Wildman–Crippen LogP) is 3.01. The Bertz CT molecular complexity index is 1050. The fourth-order valence-electron chi connectivity index (χ4n) is 3.39. The molecule has 2 aromatic heterocycles. The van der Waals surface area contributed by atoms with Crippen molar-refractivity contribution in [3.05, 3.63) is 45.8 Å². The number of thiophene rings is 1. The van der Waals surface area contributed by atoms with E-state index in [9.17, 15) is 9.59 Å². The van der Waals surface area contributed by atoms with Gasteiger partial charge in [0, 0.05) is 10.4 Å². The summed E-state index contributed by atoms with van der Waals surface area (Å²) in [6, 6.07) is 7.76. The van der Waals surface area contributed by atoms with Crippen molar-refractivity contribution in [1.29, 1.82) is 0 Å². The van der Waals surface area contributed by atoms with Crippen molar-refractivity contribution in [2.45, 2.75) is 39.2 Å². The molecule has 1 amide bonds. The minimum Gasteiger partial charge on any atom is -0.465 e. The van der Waals surface area contributed by atoms with Gasteiger partial charge in [0.2, 0.25) is 11.7 Å². The lowest BCUT2D eigenvalue weighted by Gasteiger charge is -2.11. The number of aryl methyl sites for hydroxylation is 2. The van der Waals surface area contributed by atoms with E-state index in [4.69, 9.17) is 4.74 Å². The van der Waals surface area contributed by atoms with E-state index in [0.717, 1.165) is 47.3 Å². The predicted molar refractivity (Wildman–Crippen MR) is 109 cm³/mol. The van der Waals surface area contributed by atoms with Crippen LogP contribution in [0.2, 0.25) is 0 Å². The van der Waals surface area contributed by atoms with Crippen LogP contribution < -0.4 is 5.32 Å². The smallest absolute Gasteiger partial charge is 0.341 e. The highest BCUT2D eigenvalue weighted by atomic mass is 32.1. The number of carbonyl (C=O) groups is 2. The number of hydrogen-bond donors (Lipinski definition) is 1. The van der Waals surface area contributed by atoms with Crippen molar-refractivity contribution < 1.29 is 14.3 Å². The van der Waals surface area contributed by atoms with Crippen LogP contribution in [-0.4, -0.2) is 39.2 Å². The summed E-state index contributed by atoms with van der Waals surface area (Å²) in [4.78, 5) is 27.2. The Kier molecular flexibility index (Phi) is 5.39. The van der Waals surface area contributed by atoms with E-state index in [1.165, 1.54) is 23.2 Å². The van der Waals surface area contributed by atoms with Gasteiger partial charge in [-0.1, -0.05) is 29.8 Å². The fraction of sp³-hybridized carbons (Fsp3) is 0.350. The lowest BCUT2D eigenvalue weighted by molar-refractivity contribution is -0.117. The van der Waals surface area contributed by atoms with E-state index in [2.05, 4.69) is 20.7 Å². The monoisotopic (exact) mass is 411 g/mol. The van der Waals surface area contributed by atoms with Crippen molar-refractivity contribution in [3.63, 3.8) is 0 Å². The largest absolute Gasteiger partial charge is 0.465 e. The van der Waals surface area contributed by atoms with E-state index in [0.29, 0.717) is 16.4 Å². The summed E-state index contributed by atoms with van der Waals surface area (Å²) in [7, 11) is 1.35. The van der Waals surface area contributed by atoms with Gasteiger partial charge in [0.05, 0.1) is 12.7 Å². The molecule has 150 valence electrons. The maximum absolute atomic E-state index is 12.6. The van der Waals surface area contributed by atoms with Gasteiger partial charge in [-0.15, -0.1) is 21.5 Å². The molecule has 0 saturated heterocycles. The van der Waals surface area contributed by atoms with Gasteiger partial charge in [-0.25, -0.2) is 4.79 Å². The number of rotatable bonds is 5. The number of benzene rings is 1. The van der Waals surface area contributed by atoms with Crippen LogP contribution in [0.3, 0.4) is 0 Å². The Balaban J connectivity index is 1.50. The van der Waals surface area contributed by atoms with Crippen LogP contribution in [0, 0.1) is 6.92 Å². The molecule has 9 heteroatoms. The zero-order valence-corrected chi connectivity index (χ0v) is 17.1. The molecule has 0 aliphatic heterocycles. The third kappa shape index (κ3) is 4.04. The molecule has 8 nitrogen and oxygen atoms in total. The number of methoxy groups -OCH3 is 1. The van der Waals surface area contributed by atoms with Crippen LogP contribution in [-0.2, 0) is 28.9 Å². The first-order valence-electron chi connectivity index (χ1n) is 9.42. The number of nitrogens with zero attached hydrogens (tertiary/aromatic N) is 4. The average molecular weight is 411 g/mol. The standard InChI is InChI=1S/C20H21N5O3S/c1-12-7-9-13(10-8-12)18-22-24-25(23-18)11-16(26)21-19-17(20(27)28-2)14-5-3-4-6-15(14)29-19/h7-10H,3-6,11H2,1-2H3,(H,21,26). The number of fused-ring (bicyclic) bond motifs is 1. The van der Waals surface area contributed by atoms with Gasteiger partial charge < -0.3 is 10.1 Å². The molecule has 4 rings (SSSR count). The summed E-state index contributed by atoms with van der Waals surface area (Å²) in [6.07, 6.45) is 3.87. The Labute approximate surface area is 171 Å². The molecule has 3 aromatic rings. The molecule has 0 fully saturated rings. The first kappa shape index (κ1) is 19.3. The summed E-state index contributed by atoms with van der Waals surface area (Å²) in [5.41, 5.74) is 3.46. The molecule has 2 heterocycles. The Hall–Kier alpha value is -3.07. The number of esters is 1. The summed E-state index contributed by atoms with van der Waals surface area (Å²) in [5, 5.41) is 15.6. The summed E-state index contributed by atoms with van der Waals surface area (Å²) in [6.45, 7) is 1.91. The third-order valence-corrected chi connectivity index (χ3v) is 6.07. The van der Waals surface area contributed by atoms with Gasteiger partial charge in [0.1, 0.15) is 11.5 Å². The molecule has 0 atom stereocenters. The van der Waals surface area contributed by atoms with Crippen molar-refractivity contribution in [3.8, 4) is 11.4 Å². The second-order valence-electron chi connectivity index (χ2n) is 6.96. The van der Waals surface area contributed by atoms with Crippen molar-refractivity contribution in [2.24, 2.45) is 0 Å². The minimum atomic E-state index is -0.416. The molecule has 0 spiro atoms. The van der Waals surface area contributed by atoms with Gasteiger partial charge in [-0.2, -0.15) is 4.80 Å². The van der Waals surface area contributed by atoms with Crippen LogP contribution in [0.4, 0.5) is 5.00 Å². The molecule has 0 radical (unpaired) electrons. The number of anilines is 1. The summed E-state index contributed by atoms with van der Waals surface area (Å²) >= 11 is 1.45. The van der Waals surface area contributed by atoms with Gasteiger partial charge in [0.25, 0.3) is 0 Å². The highest BCUT2D eigenvalue weighted by Gasteiger charge is 2.27. The maximum atomic E-state index is 12.6. The Morgan fingerprint density at radius 1 is 1.21 bits per heavy atom. The van der Waals surface area contributed by atoms with Crippen LogP contribution in [0.5, 0.6) is 0 Å². The van der Waals surface area contributed by atoms with Crippen LogP contribution in [0.25, 0.3) is 11.4 Å². The van der Waals surface area contributed by atoms with E-state index in [1.807, 2.05) is 31.2 Å². The number of nitrogens with one attached hydrogen (secondary N) is 1. The summed E-state index contributed by atoms with van der Waals surface area (Å²) in [5.74, 6) is -0.276. The van der Waals surface area contributed by atoms with Crippen molar-refractivity contribution in [2.75, 3.05) is 12.4 Å². The van der Waals surface area contributed by atoms with E-state index in [-0.39, 0.29) is 12.5 Å². The average Bonchev–Trinajstić information content (AvgIpc) is 3.32. The number of amides is 1. The molecule has 0 bridgehead atoms. The van der Waals surface area contributed by atoms with Gasteiger partial charge in [-0.3, -0.25) is 4.79 Å². The number of hydrogen-bond acceptors (Lipinski definition) is 7. The molecule has 1 aliphatic rings. The number of aromatic nitrogens is 4. The van der Waals surface area contributed by atoms with Crippen LogP contribution in [0.1, 0.15) is 39.2 Å². The fourth-order valence-corrected chi connectivity index (χ4v) is 4.69. The molecule has 1 aromatic carbocycles. The van der Waals surface area contributed by atoms with Gasteiger partial charge >= 0.3 is 5.97 Å². The zero-order valence-electron chi connectivity index (χ0n) is 16.3. The molecule has 1 aliphatic carbocycles. The van der Waals surface area contributed by atoms with Crippen molar-refractivity contribution >= 4 is 28.2 Å². The topological polar surface area (TPSA) is 99.0 Å². The third-order valence-electron chi connectivity index (χ3n) is 4.86. The molecule has 29 heavy (non-hydrogen) atoms. The van der Waals surface area contributed by atoms with Gasteiger partial charge in [-0.05, 0) is 43.4 Å². The second kappa shape index (κ2) is 8.12. The van der Waals surface area contributed by atoms with Crippen LogP contribution in [0.15, 0.2) is 24.3 Å². The number of tetrazole rings is 1. The quantitative estimate of drug-likeness (QED) is 0.648. The SMILES string of the molecule is COC(=O)c1c(NC(=O)Cn2nnc(-c3ccc(C)cc3)n2)sc2c1CCCC2. The molecule has 1 N–H and O–H groups in total. The second-order valence-corrected chi connectivity index (χ2v) is 8.07. The zero-order chi connectivity index (χ0) is 20.4. The lowest BCUT2D eigenvalue weighted by Crippen LogP contribution is -2.21.